The van der Waals surface area contributed by atoms with Crippen LogP contribution in [0.4, 0.5) is 0 Å². The molecule has 0 aromatic rings. The fourth-order valence-corrected chi connectivity index (χ4v) is 4.86. The summed E-state index contributed by atoms with van der Waals surface area (Å²) in [5, 5.41) is 2.84. The molecule has 6 nitrogen and oxygen atoms in total. The highest BCUT2D eigenvalue weighted by Gasteiger charge is 2.29. The van der Waals surface area contributed by atoms with E-state index >= 15 is 0 Å². The number of halogens is 1. The number of rotatable bonds is 6. The molecule has 8 heteroatoms. The average molecular weight is 368 g/mol. The third-order valence-electron chi connectivity index (χ3n) is 4.99. The smallest absolute Gasteiger partial charge is 0.236 e. The number of hydrogen-bond acceptors (Lipinski definition) is 4. The van der Waals surface area contributed by atoms with E-state index in [4.69, 9.17) is 5.73 Å². The molecule has 136 valence electrons. The zero-order valence-electron chi connectivity index (χ0n) is 13.8. The standard InChI is InChI=1S/C15H29N3O3S.ClH/c1-11-5-7-13(8-6-11)18-22(20,21)10-15(19)17-14-4-2-3-12(14)9-16;/h11-14,18H,2-10,16H2,1H3,(H,17,19);1H. The second kappa shape index (κ2) is 9.20. The van der Waals surface area contributed by atoms with Crippen molar-refractivity contribution in [3.05, 3.63) is 0 Å². The van der Waals surface area contributed by atoms with Crippen LogP contribution in [-0.4, -0.2) is 38.7 Å². The Hall–Kier alpha value is -0.370. The highest BCUT2D eigenvalue weighted by molar-refractivity contribution is 7.90. The number of carbonyl (C=O) groups is 1. The summed E-state index contributed by atoms with van der Waals surface area (Å²) in [6, 6.07) is 0.0144. The lowest BCUT2D eigenvalue weighted by atomic mass is 9.88. The van der Waals surface area contributed by atoms with Crippen molar-refractivity contribution in [2.75, 3.05) is 12.3 Å². The van der Waals surface area contributed by atoms with Crippen molar-refractivity contribution in [3.8, 4) is 0 Å². The van der Waals surface area contributed by atoms with Gasteiger partial charge < -0.3 is 11.1 Å². The van der Waals surface area contributed by atoms with Crippen LogP contribution >= 0.6 is 12.4 Å². The first-order valence-electron chi connectivity index (χ1n) is 8.39. The van der Waals surface area contributed by atoms with Crippen LogP contribution in [0.5, 0.6) is 0 Å². The molecule has 0 heterocycles. The molecule has 0 bridgehead atoms. The van der Waals surface area contributed by atoms with Gasteiger partial charge in [0.25, 0.3) is 0 Å². The monoisotopic (exact) mass is 367 g/mol. The zero-order chi connectivity index (χ0) is 16.2. The maximum atomic E-state index is 12.1. The molecule has 2 rings (SSSR count). The second-order valence-electron chi connectivity index (χ2n) is 6.93. The van der Waals surface area contributed by atoms with Gasteiger partial charge in [-0.05, 0) is 56.9 Å². The van der Waals surface area contributed by atoms with Gasteiger partial charge in [-0.1, -0.05) is 13.3 Å². The van der Waals surface area contributed by atoms with Gasteiger partial charge in [0, 0.05) is 12.1 Å². The summed E-state index contributed by atoms with van der Waals surface area (Å²) in [5.74, 6) is 0.0495. The largest absolute Gasteiger partial charge is 0.352 e. The van der Waals surface area contributed by atoms with Crippen LogP contribution in [0.25, 0.3) is 0 Å². The minimum absolute atomic E-state index is 0. The lowest BCUT2D eigenvalue weighted by Gasteiger charge is -2.26. The van der Waals surface area contributed by atoms with Crippen molar-refractivity contribution >= 4 is 28.3 Å². The van der Waals surface area contributed by atoms with Crippen LogP contribution in [0.15, 0.2) is 0 Å². The van der Waals surface area contributed by atoms with E-state index in [1.807, 2.05) is 0 Å². The van der Waals surface area contributed by atoms with E-state index in [2.05, 4.69) is 17.0 Å². The molecule has 0 aliphatic heterocycles. The molecule has 1 amide bonds. The maximum absolute atomic E-state index is 12.1. The predicted molar refractivity (Wildman–Crippen MR) is 93.9 cm³/mol. The van der Waals surface area contributed by atoms with Crippen molar-refractivity contribution in [1.82, 2.24) is 10.0 Å². The molecule has 2 unspecified atom stereocenters. The van der Waals surface area contributed by atoms with Gasteiger partial charge in [-0.3, -0.25) is 4.79 Å². The molecule has 2 aliphatic carbocycles. The highest BCUT2D eigenvalue weighted by atomic mass is 35.5. The van der Waals surface area contributed by atoms with Crippen molar-refractivity contribution in [3.63, 3.8) is 0 Å². The van der Waals surface area contributed by atoms with Crippen molar-refractivity contribution in [2.24, 2.45) is 17.6 Å². The van der Waals surface area contributed by atoms with E-state index in [1.165, 1.54) is 0 Å². The highest BCUT2D eigenvalue weighted by Crippen LogP contribution is 2.25. The van der Waals surface area contributed by atoms with Gasteiger partial charge >= 0.3 is 0 Å². The summed E-state index contributed by atoms with van der Waals surface area (Å²) >= 11 is 0. The third kappa shape index (κ3) is 6.57. The summed E-state index contributed by atoms with van der Waals surface area (Å²) in [5.41, 5.74) is 5.68. The van der Waals surface area contributed by atoms with Gasteiger partial charge in [0.05, 0.1) is 0 Å². The fraction of sp³-hybridized carbons (Fsp3) is 0.933. The fourth-order valence-electron chi connectivity index (χ4n) is 3.60. The number of hydrogen-bond donors (Lipinski definition) is 3. The Labute approximate surface area is 145 Å². The molecule has 0 saturated heterocycles. The van der Waals surface area contributed by atoms with Gasteiger partial charge in [0.2, 0.25) is 15.9 Å². The Morgan fingerprint density at radius 2 is 1.78 bits per heavy atom. The summed E-state index contributed by atoms with van der Waals surface area (Å²) in [4.78, 5) is 12.0. The number of amides is 1. The summed E-state index contributed by atoms with van der Waals surface area (Å²) < 4.78 is 26.9. The zero-order valence-corrected chi connectivity index (χ0v) is 15.4. The van der Waals surface area contributed by atoms with Gasteiger partial charge in [-0.15, -0.1) is 12.4 Å². The Kier molecular flexibility index (Phi) is 8.27. The van der Waals surface area contributed by atoms with Gasteiger partial charge in [0.15, 0.2) is 0 Å². The van der Waals surface area contributed by atoms with E-state index in [9.17, 15) is 13.2 Å². The Bertz CT molecular complexity index is 478. The van der Waals surface area contributed by atoms with E-state index < -0.39 is 21.7 Å². The first-order chi connectivity index (χ1) is 10.4. The molecule has 23 heavy (non-hydrogen) atoms. The minimum Gasteiger partial charge on any atom is -0.352 e. The Balaban J connectivity index is 0.00000264. The van der Waals surface area contributed by atoms with E-state index in [1.54, 1.807) is 0 Å². The molecule has 4 N–H and O–H groups in total. The second-order valence-corrected chi connectivity index (χ2v) is 8.69. The normalized spacial score (nSPS) is 31.4. The SMILES string of the molecule is CC1CCC(NS(=O)(=O)CC(=O)NC2CCCC2CN)CC1.Cl. The van der Waals surface area contributed by atoms with Crippen molar-refractivity contribution in [2.45, 2.75) is 64.0 Å². The first kappa shape index (κ1) is 20.7. The van der Waals surface area contributed by atoms with E-state index in [0.717, 1.165) is 44.9 Å². The molecule has 2 saturated carbocycles. The molecular formula is C15H30ClN3O3S. The number of sulfonamides is 1. The lowest BCUT2D eigenvalue weighted by molar-refractivity contribution is -0.119. The molecule has 0 aromatic carbocycles. The number of nitrogens with two attached hydrogens (primary N) is 1. The molecule has 0 aromatic heterocycles. The van der Waals surface area contributed by atoms with Crippen LogP contribution in [0.3, 0.4) is 0 Å². The number of carbonyl (C=O) groups excluding carboxylic acids is 1. The summed E-state index contributed by atoms with van der Waals surface area (Å²) in [6.07, 6.45) is 6.74. The molecule has 0 radical (unpaired) electrons. The topological polar surface area (TPSA) is 101 Å². The lowest BCUT2D eigenvalue weighted by Crippen LogP contribution is -2.46. The van der Waals surface area contributed by atoms with Gasteiger partial charge in [-0.2, -0.15) is 0 Å². The molecular weight excluding hydrogens is 338 g/mol. The number of nitrogens with one attached hydrogen (secondary N) is 2. The first-order valence-corrected chi connectivity index (χ1v) is 10.0. The van der Waals surface area contributed by atoms with Crippen LogP contribution in [0, 0.1) is 11.8 Å². The quantitative estimate of drug-likeness (QED) is 0.655. The molecule has 0 spiro atoms. The van der Waals surface area contributed by atoms with Crippen LogP contribution in [0.2, 0.25) is 0 Å². The van der Waals surface area contributed by atoms with Crippen molar-refractivity contribution in [1.29, 1.82) is 0 Å². The van der Waals surface area contributed by atoms with Gasteiger partial charge in [-0.25, -0.2) is 13.1 Å². The predicted octanol–water partition coefficient (Wildman–Crippen LogP) is 1.15. The Morgan fingerprint density at radius 1 is 1.13 bits per heavy atom. The van der Waals surface area contributed by atoms with Crippen molar-refractivity contribution < 1.29 is 13.2 Å². The molecule has 2 atom stereocenters. The Morgan fingerprint density at radius 3 is 2.39 bits per heavy atom. The molecule has 2 fully saturated rings. The van der Waals surface area contributed by atoms with E-state index in [-0.39, 0.29) is 30.4 Å². The van der Waals surface area contributed by atoms with Crippen LogP contribution in [-0.2, 0) is 14.8 Å². The average Bonchev–Trinajstić information content (AvgIpc) is 2.87. The molecule has 2 aliphatic rings. The summed E-state index contributed by atoms with van der Waals surface area (Å²) in [6.45, 7) is 2.73. The minimum atomic E-state index is -3.56. The van der Waals surface area contributed by atoms with E-state index in [0.29, 0.717) is 12.5 Å². The van der Waals surface area contributed by atoms with Gasteiger partial charge in [0.1, 0.15) is 5.75 Å². The maximum Gasteiger partial charge on any atom is 0.236 e. The third-order valence-corrected chi connectivity index (χ3v) is 6.33. The van der Waals surface area contributed by atoms with Crippen LogP contribution in [0.1, 0.15) is 51.9 Å². The summed E-state index contributed by atoms with van der Waals surface area (Å²) in [7, 11) is -3.56. The van der Waals surface area contributed by atoms with Crippen LogP contribution < -0.4 is 15.8 Å².